The van der Waals surface area contributed by atoms with Crippen LogP contribution in [0.25, 0.3) is 11.0 Å². The SMILES string of the molecule is CCn1nccc1C1NC(=O)CCC1NCc1ccc2c(c1)nnn2C. The molecule has 1 saturated heterocycles. The van der Waals surface area contributed by atoms with E-state index in [1.54, 1.807) is 10.9 Å². The molecule has 4 rings (SSSR count). The molecule has 1 aromatic carbocycles. The normalized spacial score (nSPS) is 20.5. The predicted molar refractivity (Wildman–Crippen MR) is 97.2 cm³/mol. The van der Waals surface area contributed by atoms with Gasteiger partial charge in [0.05, 0.1) is 17.3 Å². The molecule has 8 heteroatoms. The van der Waals surface area contributed by atoms with Gasteiger partial charge >= 0.3 is 0 Å². The van der Waals surface area contributed by atoms with Gasteiger partial charge < -0.3 is 10.6 Å². The van der Waals surface area contributed by atoms with Crippen molar-refractivity contribution in [1.29, 1.82) is 0 Å². The van der Waals surface area contributed by atoms with Gasteiger partial charge in [-0.1, -0.05) is 11.3 Å². The number of aromatic nitrogens is 5. The number of aryl methyl sites for hydroxylation is 2. The molecule has 0 bridgehead atoms. The van der Waals surface area contributed by atoms with E-state index in [4.69, 9.17) is 0 Å². The number of carbonyl (C=O) groups excluding carboxylic acids is 1. The smallest absolute Gasteiger partial charge is 0.220 e. The van der Waals surface area contributed by atoms with Crippen molar-refractivity contribution in [2.24, 2.45) is 7.05 Å². The van der Waals surface area contributed by atoms with Crippen LogP contribution in [0.4, 0.5) is 0 Å². The summed E-state index contributed by atoms with van der Waals surface area (Å²) in [5.74, 6) is 0.0953. The fourth-order valence-corrected chi connectivity index (χ4v) is 3.62. The Morgan fingerprint density at radius 1 is 1.35 bits per heavy atom. The van der Waals surface area contributed by atoms with Gasteiger partial charge in [-0.15, -0.1) is 5.10 Å². The van der Waals surface area contributed by atoms with Gasteiger partial charge in [0.1, 0.15) is 5.52 Å². The molecule has 0 radical (unpaired) electrons. The second-order valence-corrected chi connectivity index (χ2v) is 6.68. The van der Waals surface area contributed by atoms with Crippen molar-refractivity contribution in [1.82, 2.24) is 35.4 Å². The summed E-state index contributed by atoms with van der Waals surface area (Å²) in [6.45, 7) is 3.55. The second kappa shape index (κ2) is 6.87. The summed E-state index contributed by atoms with van der Waals surface area (Å²) in [5, 5.41) is 19.3. The van der Waals surface area contributed by atoms with Crippen molar-refractivity contribution < 1.29 is 4.79 Å². The maximum absolute atomic E-state index is 12.0. The number of nitrogens with one attached hydrogen (secondary N) is 2. The summed E-state index contributed by atoms with van der Waals surface area (Å²) in [4.78, 5) is 12.0. The van der Waals surface area contributed by atoms with Crippen LogP contribution < -0.4 is 10.6 Å². The molecule has 1 fully saturated rings. The molecule has 26 heavy (non-hydrogen) atoms. The first-order valence-electron chi connectivity index (χ1n) is 8.98. The quantitative estimate of drug-likeness (QED) is 0.721. The van der Waals surface area contributed by atoms with Gasteiger partial charge in [0.2, 0.25) is 5.91 Å². The van der Waals surface area contributed by atoms with Gasteiger partial charge in [-0.3, -0.25) is 9.48 Å². The molecule has 0 spiro atoms. The van der Waals surface area contributed by atoms with Crippen LogP contribution in [-0.2, 0) is 24.9 Å². The molecule has 1 aliphatic rings. The van der Waals surface area contributed by atoms with Gasteiger partial charge in [0.25, 0.3) is 0 Å². The van der Waals surface area contributed by atoms with Crippen LogP contribution >= 0.6 is 0 Å². The average molecular weight is 353 g/mol. The monoisotopic (exact) mass is 353 g/mol. The standard InChI is InChI=1S/C18H23N7O/c1-3-25-16(8-9-20-25)18-13(5-7-17(26)21-18)19-11-12-4-6-15-14(10-12)22-23-24(15)2/h4,6,8-10,13,18-19H,3,5,7,11H2,1-2H3,(H,21,26). The van der Waals surface area contributed by atoms with Gasteiger partial charge in [0, 0.05) is 38.8 Å². The third-order valence-corrected chi connectivity index (χ3v) is 5.01. The average Bonchev–Trinajstić information content (AvgIpc) is 3.27. The maximum atomic E-state index is 12.0. The van der Waals surface area contributed by atoms with Crippen molar-refractivity contribution in [2.75, 3.05) is 0 Å². The molecule has 2 unspecified atom stereocenters. The molecule has 2 aromatic heterocycles. The van der Waals surface area contributed by atoms with E-state index in [9.17, 15) is 4.79 Å². The zero-order valence-corrected chi connectivity index (χ0v) is 15.0. The lowest BCUT2D eigenvalue weighted by atomic mass is 9.95. The minimum Gasteiger partial charge on any atom is -0.346 e. The first-order valence-corrected chi connectivity index (χ1v) is 8.98. The summed E-state index contributed by atoms with van der Waals surface area (Å²) >= 11 is 0. The lowest BCUT2D eigenvalue weighted by molar-refractivity contribution is -0.124. The number of benzene rings is 1. The van der Waals surface area contributed by atoms with E-state index < -0.39 is 0 Å². The molecule has 3 heterocycles. The Kier molecular flexibility index (Phi) is 4.42. The van der Waals surface area contributed by atoms with Gasteiger partial charge in [0.15, 0.2) is 0 Å². The van der Waals surface area contributed by atoms with E-state index in [1.165, 1.54) is 0 Å². The number of piperidine rings is 1. The van der Waals surface area contributed by atoms with Crippen LogP contribution in [0.2, 0.25) is 0 Å². The zero-order chi connectivity index (χ0) is 18.1. The van der Waals surface area contributed by atoms with Crippen LogP contribution in [0.1, 0.15) is 37.1 Å². The Balaban J connectivity index is 1.51. The fourth-order valence-electron chi connectivity index (χ4n) is 3.62. The summed E-state index contributed by atoms with van der Waals surface area (Å²) < 4.78 is 3.71. The fraction of sp³-hybridized carbons (Fsp3) is 0.444. The van der Waals surface area contributed by atoms with Crippen molar-refractivity contribution in [3.8, 4) is 0 Å². The minimum atomic E-state index is -0.0704. The Morgan fingerprint density at radius 2 is 2.23 bits per heavy atom. The highest BCUT2D eigenvalue weighted by atomic mass is 16.1. The van der Waals surface area contributed by atoms with E-state index in [2.05, 4.69) is 45.1 Å². The molecule has 136 valence electrons. The first-order chi connectivity index (χ1) is 12.7. The molecular formula is C18H23N7O. The summed E-state index contributed by atoms with van der Waals surface area (Å²) in [7, 11) is 1.89. The number of amides is 1. The lowest BCUT2D eigenvalue weighted by Crippen LogP contribution is -2.48. The van der Waals surface area contributed by atoms with E-state index in [0.29, 0.717) is 13.0 Å². The summed E-state index contributed by atoms with van der Waals surface area (Å²) in [5.41, 5.74) is 4.10. The van der Waals surface area contributed by atoms with Crippen LogP contribution in [-0.4, -0.2) is 36.7 Å². The number of hydrogen-bond donors (Lipinski definition) is 2. The largest absolute Gasteiger partial charge is 0.346 e. The predicted octanol–water partition coefficient (Wildman–Crippen LogP) is 1.29. The Morgan fingerprint density at radius 3 is 3.08 bits per heavy atom. The number of rotatable bonds is 5. The highest BCUT2D eigenvalue weighted by molar-refractivity contribution is 5.77. The van der Waals surface area contributed by atoms with E-state index in [-0.39, 0.29) is 18.0 Å². The Bertz CT molecular complexity index is 929. The molecule has 3 aromatic rings. The zero-order valence-electron chi connectivity index (χ0n) is 15.0. The third kappa shape index (κ3) is 3.08. The molecule has 2 atom stereocenters. The molecular weight excluding hydrogens is 330 g/mol. The van der Waals surface area contributed by atoms with Crippen molar-refractivity contribution in [3.05, 3.63) is 41.7 Å². The van der Waals surface area contributed by atoms with Crippen LogP contribution in [0.5, 0.6) is 0 Å². The summed E-state index contributed by atoms with van der Waals surface area (Å²) in [6, 6.07) is 8.26. The van der Waals surface area contributed by atoms with Crippen LogP contribution in [0.3, 0.4) is 0 Å². The molecule has 1 amide bonds. The van der Waals surface area contributed by atoms with Crippen molar-refractivity contribution in [2.45, 2.75) is 44.9 Å². The van der Waals surface area contributed by atoms with Crippen molar-refractivity contribution in [3.63, 3.8) is 0 Å². The van der Waals surface area contributed by atoms with Crippen molar-refractivity contribution >= 4 is 16.9 Å². The van der Waals surface area contributed by atoms with E-state index in [0.717, 1.165) is 35.3 Å². The molecule has 1 aliphatic heterocycles. The van der Waals surface area contributed by atoms with Crippen LogP contribution in [0.15, 0.2) is 30.5 Å². The topological polar surface area (TPSA) is 89.7 Å². The number of nitrogens with zero attached hydrogens (tertiary/aromatic N) is 5. The molecule has 8 nitrogen and oxygen atoms in total. The van der Waals surface area contributed by atoms with E-state index >= 15 is 0 Å². The Hall–Kier alpha value is -2.74. The number of carbonyl (C=O) groups is 1. The van der Waals surface area contributed by atoms with Gasteiger partial charge in [-0.2, -0.15) is 5.10 Å². The number of hydrogen-bond acceptors (Lipinski definition) is 5. The number of fused-ring (bicyclic) bond motifs is 1. The van der Waals surface area contributed by atoms with Crippen LogP contribution in [0, 0.1) is 0 Å². The molecule has 0 aliphatic carbocycles. The second-order valence-electron chi connectivity index (χ2n) is 6.68. The summed E-state index contributed by atoms with van der Waals surface area (Å²) in [6.07, 6.45) is 3.13. The maximum Gasteiger partial charge on any atom is 0.220 e. The Labute approximate surface area is 151 Å². The lowest BCUT2D eigenvalue weighted by Gasteiger charge is -2.33. The molecule has 2 N–H and O–H groups in total. The highest BCUT2D eigenvalue weighted by Gasteiger charge is 2.31. The highest BCUT2D eigenvalue weighted by Crippen LogP contribution is 2.24. The van der Waals surface area contributed by atoms with Gasteiger partial charge in [-0.05, 0) is 37.1 Å². The third-order valence-electron chi connectivity index (χ3n) is 5.01. The first kappa shape index (κ1) is 16.7. The molecule has 0 saturated carbocycles. The van der Waals surface area contributed by atoms with Gasteiger partial charge in [-0.25, -0.2) is 4.68 Å². The van der Waals surface area contributed by atoms with E-state index in [1.807, 2.05) is 23.9 Å². The minimum absolute atomic E-state index is 0.0704.